The van der Waals surface area contributed by atoms with Crippen LogP contribution in [0.25, 0.3) is 0 Å². The third kappa shape index (κ3) is 33.1. The van der Waals surface area contributed by atoms with Gasteiger partial charge in [-0.15, -0.1) is 0 Å². The predicted octanol–water partition coefficient (Wildman–Crippen LogP) is 2.67. The van der Waals surface area contributed by atoms with Gasteiger partial charge in [0.15, 0.2) is 0 Å². The van der Waals surface area contributed by atoms with Gasteiger partial charge in [0.2, 0.25) is 0 Å². The molecule has 11 heteroatoms. The first-order chi connectivity index (χ1) is 18.8. The number of esters is 1. The van der Waals surface area contributed by atoms with Crippen molar-refractivity contribution < 1.29 is 52.2 Å². The highest BCUT2D eigenvalue weighted by molar-refractivity contribution is 5.69. The Morgan fingerprint density at radius 2 is 0.737 bits per heavy atom. The lowest BCUT2D eigenvalue weighted by Gasteiger charge is -2.09. The SMILES string of the molecule is CCCCCCCC(=O)OCCOCCOCCOCCOCCOCCOCCOCCOCCOC. The van der Waals surface area contributed by atoms with Crippen molar-refractivity contribution in [3.8, 4) is 0 Å². The molecule has 0 radical (unpaired) electrons. The zero-order valence-corrected chi connectivity index (χ0v) is 24.0. The first kappa shape index (κ1) is 37.1. The molecule has 0 aromatic carbocycles. The van der Waals surface area contributed by atoms with Gasteiger partial charge >= 0.3 is 5.97 Å². The minimum absolute atomic E-state index is 0.144. The molecule has 0 spiro atoms. The molecule has 0 unspecified atom stereocenters. The van der Waals surface area contributed by atoms with Gasteiger partial charge in [-0.1, -0.05) is 32.6 Å². The summed E-state index contributed by atoms with van der Waals surface area (Å²) >= 11 is 0. The second-order valence-corrected chi connectivity index (χ2v) is 8.28. The number of methoxy groups -OCH3 is 1. The lowest BCUT2D eigenvalue weighted by atomic mass is 10.1. The van der Waals surface area contributed by atoms with E-state index in [1.54, 1.807) is 7.11 Å². The van der Waals surface area contributed by atoms with E-state index in [-0.39, 0.29) is 12.6 Å². The normalized spacial score (nSPS) is 11.3. The highest BCUT2D eigenvalue weighted by Crippen LogP contribution is 2.05. The molecule has 0 atom stereocenters. The Morgan fingerprint density at radius 3 is 1.08 bits per heavy atom. The maximum absolute atomic E-state index is 11.6. The first-order valence-electron chi connectivity index (χ1n) is 14.1. The van der Waals surface area contributed by atoms with Gasteiger partial charge in [0, 0.05) is 13.5 Å². The topological polar surface area (TPSA) is 109 Å². The van der Waals surface area contributed by atoms with Crippen LogP contribution in [0.15, 0.2) is 0 Å². The van der Waals surface area contributed by atoms with Crippen molar-refractivity contribution in [3.05, 3.63) is 0 Å². The largest absolute Gasteiger partial charge is 0.463 e. The Bertz CT molecular complexity index is 455. The molecule has 0 aliphatic carbocycles. The van der Waals surface area contributed by atoms with Crippen LogP contribution >= 0.6 is 0 Å². The maximum atomic E-state index is 11.6. The van der Waals surface area contributed by atoms with E-state index in [9.17, 15) is 4.79 Å². The lowest BCUT2D eigenvalue weighted by molar-refractivity contribution is -0.145. The average molecular weight is 555 g/mol. The molecule has 0 aliphatic heterocycles. The van der Waals surface area contributed by atoms with E-state index in [0.717, 1.165) is 12.8 Å². The molecular weight excluding hydrogens is 500 g/mol. The third-order valence-corrected chi connectivity index (χ3v) is 5.01. The van der Waals surface area contributed by atoms with Crippen LogP contribution in [0.2, 0.25) is 0 Å². The van der Waals surface area contributed by atoms with Gasteiger partial charge in [-0.2, -0.15) is 0 Å². The minimum Gasteiger partial charge on any atom is -0.463 e. The van der Waals surface area contributed by atoms with Crippen LogP contribution in [0, 0.1) is 0 Å². The predicted molar refractivity (Wildman–Crippen MR) is 143 cm³/mol. The summed E-state index contributed by atoms with van der Waals surface area (Å²) in [6.45, 7) is 11.2. The van der Waals surface area contributed by atoms with Gasteiger partial charge in [-0.25, -0.2) is 0 Å². The van der Waals surface area contributed by atoms with Crippen molar-refractivity contribution in [2.75, 3.05) is 126 Å². The molecule has 11 nitrogen and oxygen atoms in total. The number of carbonyl (C=O) groups excluding carboxylic acids is 1. The highest BCUT2D eigenvalue weighted by atomic mass is 16.6. The summed E-state index contributed by atoms with van der Waals surface area (Å²) in [6, 6.07) is 0. The maximum Gasteiger partial charge on any atom is 0.305 e. The number of ether oxygens (including phenoxy) is 10. The molecule has 0 saturated heterocycles. The molecule has 228 valence electrons. The van der Waals surface area contributed by atoms with Gasteiger partial charge in [-0.3, -0.25) is 4.79 Å². The van der Waals surface area contributed by atoms with E-state index in [2.05, 4.69) is 6.92 Å². The monoisotopic (exact) mass is 554 g/mol. The fourth-order valence-corrected chi connectivity index (χ4v) is 2.94. The summed E-state index contributed by atoms with van der Waals surface area (Å²) in [6.07, 6.45) is 6.10. The van der Waals surface area contributed by atoms with Crippen molar-refractivity contribution in [2.24, 2.45) is 0 Å². The van der Waals surface area contributed by atoms with Crippen molar-refractivity contribution in [1.29, 1.82) is 0 Å². The molecule has 0 heterocycles. The fraction of sp³-hybridized carbons (Fsp3) is 0.963. The summed E-state index contributed by atoms with van der Waals surface area (Å²) < 4.78 is 53.3. The minimum atomic E-state index is -0.144. The van der Waals surface area contributed by atoms with Crippen LogP contribution in [-0.4, -0.2) is 132 Å². The van der Waals surface area contributed by atoms with Crippen molar-refractivity contribution in [3.63, 3.8) is 0 Å². The van der Waals surface area contributed by atoms with Gasteiger partial charge in [0.25, 0.3) is 0 Å². The molecule has 0 aliphatic rings. The fourth-order valence-electron chi connectivity index (χ4n) is 2.94. The molecular formula is C27H54O11. The van der Waals surface area contributed by atoms with Crippen LogP contribution in [-0.2, 0) is 52.2 Å². The quantitative estimate of drug-likeness (QED) is 0.0882. The van der Waals surface area contributed by atoms with Crippen molar-refractivity contribution in [1.82, 2.24) is 0 Å². The molecule has 38 heavy (non-hydrogen) atoms. The Hall–Kier alpha value is -0.890. The Morgan fingerprint density at radius 1 is 0.421 bits per heavy atom. The summed E-state index contributed by atoms with van der Waals surface area (Å²) in [5, 5.41) is 0. The number of hydrogen-bond donors (Lipinski definition) is 0. The van der Waals surface area contributed by atoms with E-state index >= 15 is 0 Å². The number of unbranched alkanes of at least 4 members (excludes halogenated alkanes) is 4. The van der Waals surface area contributed by atoms with Crippen molar-refractivity contribution >= 4 is 5.97 Å². The van der Waals surface area contributed by atoms with Crippen LogP contribution < -0.4 is 0 Å². The summed E-state index contributed by atoms with van der Waals surface area (Å²) in [7, 11) is 1.64. The molecule has 0 amide bonds. The van der Waals surface area contributed by atoms with Gasteiger partial charge < -0.3 is 47.4 Å². The molecule has 0 saturated carbocycles. The van der Waals surface area contributed by atoms with Gasteiger partial charge in [-0.05, 0) is 6.42 Å². The second kappa shape index (κ2) is 34.1. The molecule has 0 N–H and O–H groups in total. The van der Waals surface area contributed by atoms with E-state index in [1.807, 2.05) is 0 Å². The summed E-state index contributed by atoms with van der Waals surface area (Å²) in [4.78, 5) is 11.6. The highest BCUT2D eigenvalue weighted by Gasteiger charge is 2.02. The zero-order valence-electron chi connectivity index (χ0n) is 24.0. The van der Waals surface area contributed by atoms with E-state index in [0.29, 0.717) is 119 Å². The van der Waals surface area contributed by atoms with Crippen LogP contribution in [0.4, 0.5) is 0 Å². The molecule has 0 aromatic heterocycles. The van der Waals surface area contributed by atoms with E-state index < -0.39 is 0 Å². The third-order valence-electron chi connectivity index (χ3n) is 5.01. The molecule has 0 aromatic rings. The average Bonchev–Trinajstić information content (AvgIpc) is 2.92. The zero-order chi connectivity index (χ0) is 27.6. The Balaban J connectivity index is 3.08. The van der Waals surface area contributed by atoms with Crippen LogP contribution in [0.1, 0.15) is 45.4 Å². The standard InChI is InChI=1S/C27H54O11/c1-3-4-5-6-7-8-27(28)38-26-25-37-24-23-36-22-21-35-20-19-34-18-17-33-16-15-32-14-13-31-12-11-30-10-9-29-2/h3-26H2,1-2H3. The molecule has 0 rings (SSSR count). The van der Waals surface area contributed by atoms with Crippen LogP contribution in [0.3, 0.4) is 0 Å². The smallest absolute Gasteiger partial charge is 0.305 e. The molecule has 0 fully saturated rings. The first-order valence-corrected chi connectivity index (χ1v) is 14.1. The van der Waals surface area contributed by atoms with Crippen LogP contribution in [0.5, 0.6) is 0 Å². The Labute approximate surface area is 230 Å². The van der Waals surface area contributed by atoms with E-state index in [1.165, 1.54) is 19.3 Å². The number of rotatable bonds is 33. The Kier molecular flexibility index (Phi) is 33.3. The number of carbonyl (C=O) groups is 1. The summed E-state index contributed by atoms with van der Waals surface area (Å²) in [5.74, 6) is -0.144. The van der Waals surface area contributed by atoms with Crippen molar-refractivity contribution in [2.45, 2.75) is 45.4 Å². The van der Waals surface area contributed by atoms with E-state index in [4.69, 9.17) is 47.4 Å². The second-order valence-electron chi connectivity index (χ2n) is 8.28. The molecule has 0 bridgehead atoms. The van der Waals surface area contributed by atoms with Gasteiger partial charge in [0.05, 0.1) is 112 Å². The number of hydrogen-bond acceptors (Lipinski definition) is 11. The van der Waals surface area contributed by atoms with Gasteiger partial charge in [0.1, 0.15) is 6.61 Å². The summed E-state index contributed by atoms with van der Waals surface area (Å²) in [5.41, 5.74) is 0. The lowest BCUT2D eigenvalue weighted by Crippen LogP contribution is -2.15.